The van der Waals surface area contributed by atoms with Crippen molar-refractivity contribution in [3.05, 3.63) is 46.8 Å². The fourth-order valence-corrected chi connectivity index (χ4v) is 3.03. The number of hydrogen-bond donors (Lipinski definition) is 1. The number of rotatable bonds is 4. The molecule has 2 aromatic rings. The zero-order valence-electron chi connectivity index (χ0n) is 13.2. The minimum Gasteiger partial charge on any atom is -0.310 e. The standard InChI is InChI=1S/C18H25NS/c1-13(2)19-12-16-10-11-17(20-16)14-6-8-15(9-7-14)18(3,4)5/h6-11,13,19H,12H2,1-5H3. The van der Waals surface area contributed by atoms with Crippen LogP contribution in [-0.2, 0) is 12.0 Å². The molecule has 0 unspecified atom stereocenters. The number of benzene rings is 1. The summed E-state index contributed by atoms with van der Waals surface area (Å²) in [6.45, 7) is 12.1. The average Bonchev–Trinajstić information content (AvgIpc) is 2.84. The van der Waals surface area contributed by atoms with E-state index in [-0.39, 0.29) is 5.41 Å². The van der Waals surface area contributed by atoms with Crippen LogP contribution in [0, 0.1) is 0 Å². The van der Waals surface area contributed by atoms with Crippen LogP contribution >= 0.6 is 11.3 Å². The molecule has 1 heterocycles. The van der Waals surface area contributed by atoms with Crippen LogP contribution in [0.4, 0.5) is 0 Å². The van der Waals surface area contributed by atoms with Crippen molar-refractivity contribution in [2.24, 2.45) is 0 Å². The molecule has 108 valence electrons. The fraction of sp³-hybridized carbons (Fsp3) is 0.444. The lowest BCUT2D eigenvalue weighted by atomic mass is 9.86. The van der Waals surface area contributed by atoms with Gasteiger partial charge in [-0.3, -0.25) is 0 Å². The molecular weight excluding hydrogens is 262 g/mol. The Morgan fingerprint density at radius 1 is 1.00 bits per heavy atom. The third kappa shape index (κ3) is 3.94. The van der Waals surface area contributed by atoms with Crippen molar-refractivity contribution >= 4 is 11.3 Å². The summed E-state index contributed by atoms with van der Waals surface area (Å²) in [5.74, 6) is 0. The van der Waals surface area contributed by atoms with Gasteiger partial charge in [0.25, 0.3) is 0 Å². The maximum absolute atomic E-state index is 3.47. The minimum atomic E-state index is 0.223. The second kappa shape index (κ2) is 6.11. The molecule has 0 radical (unpaired) electrons. The highest BCUT2D eigenvalue weighted by molar-refractivity contribution is 7.15. The summed E-state index contributed by atoms with van der Waals surface area (Å²) >= 11 is 1.88. The molecule has 20 heavy (non-hydrogen) atoms. The van der Waals surface area contributed by atoms with Gasteiger partial charge in [0.2, 0.25) is 0 Å². The maximum Gasteiger partial charge on any atom is 0.0346 e. The first kappa shape index (κ1) is 15.3. The normalized spacial score (nSPS) is 12.1. The van der Waals surface area contributed by atoms with E-state index in [1.165, 1.54) is 20.9 Å². The van der Waals surface area contributed by atoms with Crippen LogP contribution < -0.4 is 5.32 Å². The molecular formula is C18H25NS. The lowest BCUT2D eigenvalue weighted by molar-refractivity contribution is 0.590. The van der Waals surface area contributed by atoms with Gasteiger partial charge < -0.3 is 5.32 Å². The van der Waals surface area contributed by atoms with Gasteiger partial charge in [-0.2, -0.15) is 0 Å². The lowest BCUT2D eigenvalue weighted by Gasteiger charge is -2.18. The zero-order valence-corrected chi connectivity index (χ0v) is 14.0. The summed E-state index contributed by atoms with van der Waals surface area (Å²) in [4.78, 5) is 2.75. The topological polar surface area (TPSA) is 12.0 Å². The van der Waals surface area contributed by atoms with Crippen molar-refractivity contribution in [2.45, 2.75) is 52.6 Å². The lowest BCUT2D eigenvalue weighted by Crippen LogP contribution is -2.21. The van der Waals surface area contributed by atoms with Crippen LogP contribution in [0.5, 0.6) is 0 Å². The van der Waals surface area contributed by atoms with Crippen LogP contribution in [-0.4, -0.2) is 6.04 Å². The third-order valence-corrected chi connectivity index (χ3v) is 4.52. The van der Waals surface area contributed by atoms with Gasteiger partial charge in [-0.15, -0.1) is 11.3 Å². The van der Waals surface area contributed by atoms with Gasteiger partial charge in [0.15, 0.2) is 0 Å². The van der Waals surface area contributed by atoms with Crippen molar-refractivity contribution < 1.29 is 0 Å². The van der Waals surface area contributed by atoms with Crippen molar-refractivity contribution in [1.29, 1.82) is 0 Å². The average molecular weight is 287 g/mol. The SMILES string of the molecule is CC(C)NCc1ccc(-c2ccc(C(C)(C)C)cc2)s1. The highest BCUT2D eigenvalue weighted by atomic mass is 32.1. The molecule has 2 rings (SSSR count). The van der Waals surface area contributed by atoms with E-state index in [9.17, 15) is 0 Å². The summed E-state index contributed by atoms with van der Waals surface area (Å²) in [5.41, 5.74) is 2.93. The van der Waals surface area contributed by atoms with Gasteiger partial charge in [-0.25, -0.2) is 0 Å². The molecule has 1 N–H and O–H groups in total. The van der Waals surface area contributed by atoms with E-state index >= 15 is 0 Å². The summed E-state index contributed by atoms with van der Waals surface area (Å²) in [6.07, 6.45) is 0. The molecule has 0 amide bonds. The third-order valence-electron chi connectivity index (χ3n) is 3.38. The smallest absolute Gasteiger partial charge is 0.0346 e. The van der Waals surface area contributed by atoms with Gasteiger partial charge >= 0.3 is 0 Å². The number of hydrogen-bond acceptors (Lipinski definition) is 2. The molecule has 0 bridgehead atoms. The van der Waals surface area contributed by atoms with Gasteiger partial charge in [-0.1, -0.05) is 58.9 Å². The largest absolute Gasteiger partial charge is 0.310 e. The first-order valence-corrected chi connectivity index (χ1v) is 8.11. The molecule has 2 heteroatoms. The van der Waals surface area contributed by atoms with E-state index in [0.717, 1.165) is 6.54 Å². The minimum absolute atomic E-state index is 0.223. The Morgan fingerprint density at radius 2 is 1.65 bits per heavy atom. The summed E-state index contributed by atoms with van der Waals surface area (Å²) in [5, 5.41) is 3.47. The van der Waals surface area contributed by atoms with Crippen molar-refractivity contribution in [3.63, 3.8) is 0 Å². The first-order chi connectivity index (χ1) is 9.36. The van der Waals surface area contributed by atoms with Crippen LogP contribution in [0.25, 0.3) is 10.4 Å². The molecule has 0 aliphatic carbocycles. The summed E-state index contributed by atoms with van der Waals surface area (Å²) in [6, 6.07) is 14.0. The highest BCUT2D eigenvalue weighted by Crippen LogP contribution is 2.30. The second-order valence-corrected chi connectivity index (χ2v) is 7.80. The number of nitrogens with one attached hydrogen (secondary N) is 1. The Bertz CT molecular complexity index is 544. The fourth-order valence-electron chi connectivity index (χ4n) is 2.07. The van der Waals surface area contributed by atoms with E-state index in [2.05, 4.69) is 76.3 Å². The molecule has 1 aromatic heterocycles. The maximum atomic E-state index is 3.47. The second-order valence-electron chi connectivity index (χ2n) is 6.63. The molecule has 0 aliphatic heterocycles. The Hall–Kier alpha value is -1.12. The predicted octanol–water partition coefficient (Wildman–Crippen LogP) is 5.21. The molecule has 0 atom stereocenters. The zero-order chi connectivity index (χ0) is 14.8. The monoisotopic (exact) mass is 287 g/mol. The Kier molecular flexibility index (Phi) is 4.66. The van der Waals surface area contributed by atoms with Crippen molar-refractivity contribution in [2.75, 3.05) is 0 Å². The molecule has 0 spiro atoms. The van der Waals surface area contributed by atoms with E-state index in [1.807, 2.05) is 11.3 Å². The van der Waals surface area contributed by atoms with Crippen molar-refractivity contribution in [1.82, 2.24) is 5.32 Å². The van der Waals surface area contributed by atoms with Crippen LogP contribution in [0.3, 0.4) is 0 Å². The van der Waals surface area contributed by atoms with E-state index in [4.69, 9.17) is 0 Å². The Labute approximate surface area is 127 Å². The molecule has 0 aliphatic rings. The van der Waals surface area contributed by atoms with Crippen molar-refractivity contribution in [3.8, 4) is 10.4 Å². The van der Waals surface area contributed by atoms with Gasteiger partial charge in [0.1, 0.15) is 0 Å². The van der Waals surface area contributed by atoms with Gasteiger partial charge in [0, 0.05) is 22.3 Å². The van der Waals surface area contributed by atoms with Crippen LogP contribution in [0.1, 0.15) is 45.1 Å². The number of thiophene rings is 1. The molecule has 1 nitrogen and oxygen atoms in total. The quantitative estimate of drug-likeness (QED) is 0.814. The van der Waals surface area contributed by atoms with Crippen LogP contribution in [0.15, 0.2) is 36.4 Å². The van der Waals surface area contributed by atoms with Gasteiger partial charge in [0.05, 0.1) is 0 Å². The van der Waals surface area contributed by atoms with E-state index in [1.54, 1.807) is 0 Å². The van der Waals surface area contributed by atoms with Crippen LogP contribution in [0.2, 0.25) is 0 Å². The first-order valence-electron chi connectivity index (χ1n) is 7.29. The summed E-state index contributed by atoms with van der Waals surface area (Å²) < 4.78 is 0. The predicted molar refractivity (Wildman–Crippen MR) is 90.4 cm³/mol. The molecule has 0 saturated carbocycles. The molecule has 0 fully saturated rings. The summed E-state index contributed by atoms with van der Waals surface area (Å²) in [7, 11) is 0. The van der Waals surface area contributed by atoms with Gasteiger partial charge in [-0.05, 0) is 28.7 Å². The Morgan fingerprint density at radius 3 is 2.20 bits per heavy atom. The highest BCUT2D eigenvalue weighted by Gasteiger charge is 2.13. The van der Waals surface area contributed by atoms with E-state index < -0.39 is 0 Å². The molecule has 0 saturated heterocycles. The van der Waals surface area contributed by atoms with E-state index in [0.29, 0.717) is 6.04 Å². The Balaban J connectivity index is 2.12. The molecule has 1 aromatic carbocycles.